The van der Waals surface area contributed by atoms with Crippen molar-refractivity contribution in [3.8, 4) is 0 Å². The fraction of sp³-hybridized carbons (Fsp3) is 0.600. The Hall–Kier alpha value is -1.00. The average Bonchev–Trinajstić information content (AvgIpc) is 2.48. The molecular weight excluding hydrogens is 254 g/mol. The highest BCUT2D eigenvalue weighted by atomic mass is 32.1. The molecule has 0 radical (unpaired) electrons. The van der Waals surface area contributed by atoms with Gasteiger partial charge in [0, 0.05) is 37.9 Å². The second kappa shape index (κ2) is 6.44. The molecule has 2 N–H and O–H groups in total. The lowest BCUT2D eigenvalue weighted by molar-refractivity contribution is 0.348. The van der Waals surface area contributed by atoms with Crippen molar-refractivity contribution in [1.29, 1.82) is 0 Å². The summed E-state index contributed by atoms with van der Waals surface area (Å²) >= 11 is 5.80. The van der Waals surface area contributed by atoms with Crippen molar-refractivity contribution in [2.75, 3.05) is 20.1 Å². The van der Waals surface area contributed by atoms with Crippen molar-refractivity contribution in [1.82, 2.24) is 9.88 Å². The van der Waals surface area contributed by atoms with Gasteiger partial charge in [0.05, 0.1) is 4.99 Å². The molecule has 1 saturated carbocycles. The van der Waals surface area contributed by atoms with Crippen molar-refractivity contribution in [3.05, 3.63) is 30.1 Å². The van der Waals surface area contributed by atoms with E-state index in [1.807, 2.05) is 18.5 Å². The van der Waals surface area contributed by atoms with Crippen LogP contribution in [0.25, 0.3) is 0 Å². The van der Waals surface area contributed by atoms with E-state index in [0.717, 1.165) is 24.4 Å². The summed E-state index contributed by atoms with van der Waals surface area (Å²) < 4.78 is 0. The Labute approximate surface area is 121 Å². The first kappa shape index (κ1) is 14.4. The average molecular weight is 277 g/mol. The third-order valence-electron chi connectivity index (χ3n) is 4.14. The highest BCUT2D eigenvalue weighted by Crippen LogP contribution is 2.41. The van der Waals surface area contributed by atoms with Crippen LogP contribution in [0, 0.1) is 0 Å². The lowest BCUT2D eigenvalue weighted by Crippen LogP contribution is -2.46. The van der Waals surface area contributed by atoms with Crippen molar-refractivity contribution >= 4 is 17.2 Å². The van der Waals surface area contributed by atoms with Crippen molar-refractivity contribution in [2.24, 2.45) is 5.73 Å². The molecule has 3 nitrogen and oxygen atoms in total. The maximum atomic E-state index is 5.80. The number of hydrogen-bond acceptors (Lipinski definition) is 3. The van der Waals surface area contributed by atoms with Gasteiger partial charge in [-0.2, -0.15) is 0 Å². The van der Waals surface area contributed by atoms with Crippen LogP contribution in [-0.2, 0) is 5.41 Å². The zero-order valence-electron chi connectivity index (χ0n) is 11.6. The Balaban J connectivity index is 2.32. The predicted octanol–water partition coefficient (Wildman–Crippen LogP) is 2.50. The first-order valence-electron chi connectivity index (χ1n) is 7.07. The second-order valence-electron chi connectivity index (χ2n) is 5.40. The van der Waals surface area contributed by atoms with Crippen LogP contribution in [0.4, 0.5) is 0 Å². The van der Waals surface area contributed by atoms with Gasteiger partial charge in [-0.05, 0) is 24.5 Å². The summed E-state index contributed by atoms with van der Waals surface area (Å²) in [5.41, 5.74) is 6.92. The van der Waals surface area contributed by atoms with Gasteiger partial charge in [-0.25, -0.2) is 0 Å². The molecule has 0 aliphatic heterocycles. The minimum Gasteiger partial charge on any atom is -0.367 e. The monoisotopic (exact) mass is 277 g/mol. The Morgan fingerprint density at radius 2 is 2.16 bits per heavy atom. The molecule has 1 aliphatic rings. The van der Waals surface area contributed by atoms with Gasteiger partial charge in [0.25, 0.3) is 0 Å². The second-order valence-corrected chi connectivity index (χ2v) is 5.79. The minimum absolute atomic E-state index is 0.00817. The maximum Gasteiger partial charge on any atom is 0.0884 e. The zero-order chi connectivity index (χ0) is 13.7. The Morgan fingerprint density at radius 3 is 2.74 bits per heavy atom. The number of hydrogen-bond donors (Lipinski definition) is 1. The minimum atomic E-state index is -0.00817. The Bertz CT molecular complexity index is 413. The molecule has 1 heterocycles. The van der Waals surface area contributed by atoms with E-state index in [-0.39, 0.29) is 5.41 Å². The number of nitrogens with zero attached hydrogens (tertiary/aromatic N) is 2. The normalized spacial score (nSPS) is 18.0. The first-order chi connectivity index (χ1) is 9.20. The topological polar surface area (TPSA) is 42.1 Å². The van der Waals surface area contributed by atoms with Crippen LogP contribution >= 0.6 is 12.2 Å². The third-order valence-corrected chi connectivity index (χ3v) is 4.84. The number of nitrogens with two attached hydrogens (primary N) is 1. The summed E-state index contributed by atoms with van der Waals surface area (Å²) in [6.45, 7) is 1.46. The number of rotatable bonds is 4. The van der Waals surface area contributed by atoms with Crippen LogP contribution in [0.3, 0.4) is 0 Å². The quantitative estimate of drug-likeness (QED) is 0.859. The number of aromatic nitrogens is 1. The fourth-order valence-corrected chi connectivity index (χ4v) is 3.50. The van der Waals surface area contributed by atoms with Gasteiger partial charge in [0.15, 0.2) is 0 Å². The Morgan fingerprint density at radius 1 is 1.42 bits per heavy atom. The van der Waals surface area contributed by atoms with E-state index in [2.05, 4.69) is 23.0 Å². The van der Waals surface area contributed by atoms with E-state index in [1.54, 1.807) is 0 Å². The molecule has 1 aromatic heterocycles. The maximum absolute atomic E-state index is 5.80. The molecule has 1 aromatic rings. The summed E-state index contributed by atoms with van der Waals surface area (Å²) in [5, 5.41) is 0. The molecule has 0 saturated heterocycles. The van der Waals surface area contributed by atoms with Crippen molar-refractivity contribution < 1.29 is 0 Å². The SMILES string of the molecule is CN(CCN)C(=S)C1(c2cccnc2)CCCCC1. The molecule has 1 aliphatic carbocycles. The van der Waals surface area contributed by atoms with Crippen LogP contribution in [0.2, 0.25) is 0 Å². The number of likely N-dealkylation sites (N-methyl/N-ethyl adjacent to an activating group) is 1. The van der Waals surface area contributed by atoms with Gasteiger partial charge in [-0.1, -0.05) is 37.5 Å². The van der Waals surface area contributed by atoms with E-state index in [9.17, 15) is 0 Å². The summed E-state index contributed by atoms with van der Waals surface area (Å²) in [5.74, 6) is 0. The lowest BCUT2D eigenvalue weighted by Gasteiger charge is -2.41. The van der Waals surface area contributed by atoms with Gasteiger partial charge >= 0.3 is 0 Å². The molecule has 2 rings (SSSR count). The zero-order valence-corrected chi connectivity index (χ0v) is 12.5. The number of pyridine rings is 1. The van der Waals surface area contributed by atoms with Gasteiger partial charge in [0.2, 0.25) is 0 Å². The molecule has 0 amide bonds. The molecule has 0 atom stereocenters. The van der Waals surface area contributed by atoms with Crippen LogP contribution in [-0.4, -0.2) is 35.0 Å². The molecule has 0 aromatic carbocycles. The summed E-state index contributed by atoms with van der Waals surface area (Å²) in [7, 11) is 2.06. The standard InChI is InChI=1S/C15H23N3S/c1-18(11-9-16)14(19)15(7-3-2-4-8-15)13-6-5-10-17-12-13/h5-6,10,12H,2-4,7-9,11,16H2,1H3. The van der Waals surface area contributed by atoms with Crippen LogP contribution in [0.15, 0.2) is 24.5 Å². The van der Waals surface area contributed by atoms with Crippen LogP contribution < -0.4 is 5.73 Å². The van der Waals surface area contributed by atoms with E-state index < -0.39 is 0 Å². The lowest BCUT2D eigenvalue weighted by atomic mass is 9.69. The molecular formula is C15H23N3S. The molecule has 104 valence electrons. The molecule has 19 heavy (non-hydrogen) atoms. The van der Waals surface area contributed by atoms with E-state index in [1.165, 1.54) is 24.8 Å². The Kier molecular flexibility index (Phi) is 4.88. The predicted molar refractivity (Wildman–Crippen MR) is 83.3 cm³/mol. The first-order valence-corrected chi connectivity index (χ1v) is 7.48. The molecule has 0 spiro atoms. The van der Waals surface area contributed by atoms with Crippen LogP contribution in [0.5, 0.6) is 0 Å². The smallest absolute Gasteiger partial charge is 0.0884 e. The number of thiocarbonyl (C=S) groups is 1. The van der Waals surface area contributed by atoms with Crippen molar-refractivity contribution in [3.63, 3.8) is 0 Å². The molecule has 0 unspecified atom stereocenters. The van der Waals surface area contributed by atoms with E-state index >= 15 is 0 Å². The van der Waals surface area contributed by atoms with Gasteiger partial charge in [-0.15, -0.1) is 0 Å². The molecule has 1 fully saturated rings. The fourth-order valence-electron chi connectivity index (χ4n) is 3.09. The summed E-state index contributed by atoms with van der Waals surface area (Å²) in [6.07, 6.45) is 9.86. The highest BCUT2D eigenvalue weighted by molar-refractivity contribution is 7.80. The van der Waals surface area contributed by atoms with Crippen LogP contribution in [0.1, 0.15) is 37.7 Å². The van der Waals surface area contributed by atoms with Gasteiger partial charge < -0.3 is 10.6 Å². The molecule has 4 heteroatoms. The summed E-state index contributed by atoms with van der Waals surface area (Å²) in [6, 6.07) is 4.18. The highest BCUT2D eigenvalue weighted by Gasteiger charge is 2.39. The van der Waals surface area contributed by atoms with E-state index in [4.69, 9.17) is 18.0 Å². The largest absolute Gasteiger partial charge is 0.367 e. The van der Waals surface area contributed by atoms with E-state index in [0.29, 0.717) is 6.54 Å². The van der Waals surface area contributed by atoms with Crippen molar-refractivity contribution in [2.45, 2.75) is 37.5 Å². The van der Waals surface area contributed by atoms with Gasteiger partial charge in [0.1, 0.15) is 0 Å². The summed E-state index contributed by atoms with van der Waals surface area (Å²) in [4.78, 5) is 7.47. The third kappa shape index (κ3) is 2.95. The molecule has 0 bridgehead atoms. The van der Waals surface area contributed by atoms with Gasteiger partial charge in [-0.3, -0.25) is 4.98 Å².